The van der Waals surface area contributed by atoms with Gasteiger partial charge in [-0.15, -0.1) is 5.10 Å². The number of aliphatic carboxylic acids is 1. The average molecular weight is 553 g/mol. The van der Waals surface area contributed by atoms with Crippen LogP contribution >= 0.6 is 0 Å². The minimum atomic E-state index is -2.74. The zero-order chi connectivity index (χ0) is 28.6. The van der Waals surface area contributed by atoms with Crippen molar-refractivity contribution >= 4 is 12.1 Å². The normalized spacial score (nSPS) is 21.3. The molecule has 13 heteroatoms. The summed E-state index contributed by atoms with van der Waals surface area (Å²) in [5.74, 6) is -4.27. The van der Waals surface area contributed by atoms with Crippen molar-refractivity contribution in [3.8, 4) is 17.1 Å². The van der Waals surface area contributed by atoms with E-state index in [-0.39, 0.29) is 25.7 Å². The first-order chi connectivity index (χ1) is 18.6. The first-order valence-corrected chi connectivity index (χ1v) is 13.3. The minimum Gasteiger partial charge on any atom is -0.489 e. The maximum Gasteiger partial charge on any atom is 0.407 e. The molecule has 11 nitrogen and oxygen atoms in total. The van der Waals surface area contributed by atoms with Gasteiger partial charge >= 0.3 is 12.1 Å². The van der Waals surface area contributed by atoms with Crippen molar-refractivity contribution in [1.82, 2.24) is 30.6 Å². The number of amides is 1. The number of ether oxygens (including phenoxy) is 2. The fraction of sp³-hybridized carbons (Fsp3) is 0.654. The second-order valence-corrected chi connectivity index (χ2v) is 9.80. The van der Waals surface area contributed by atoms with Crippen molar-refractivity contribution in [2.24, 2.45) is 18.9 Å². The van der Waals surface area contributed by atoms with Gasteiger partial charge in [0.25, 0.3) is 5.92 Å². The summed E-state index contributed by atoms with van der Waals surface area (Å²) >= 11 is 0. The van der Waals surface area contributed by atoms with E-state index in [0.717, 1.165) is 25.9 Å². The molecule has 2 fully saturated rings. The van der Waals surface area contributed by atoms with Crippen LogP contribution in [0.2, 0.25) is 0 Å². The van der Waals surface area contributed by atoms with E-state index >= 15 is 0 Å². The van der Waals surface area contributed by atoms with E-state index in [1.807, 2.05) is 0 Å². The zero-order valence-electron chi connectivity index (χ0n) is 22.9. The Morgan fingerprint density at radius 3 is 2.54 bits per heavy atom. The van der Waals surface area contributed by atoms with Gasteiger partial charge in [0.15, 0.2) is 0 Å². The number of hydrogen-bond acceptors (Lipinski definition) is 8. The third-order valence-electron chi connectivity index (χ3n) is 6.76. The molecule has 0 radical (unpaired) electrons. The smallest absolute Gasteiger partial charge is 0.407 e. The summed E-state index contributed by atoms with van der Waals surface area (Å²) in [6, 6.07) is 3.48. The number of aromatic nitrogens is 4. The van der Waals surface area contributed by atoms with Gasteiger partial charge in [-0.25, -0.2) is 23.2 Å². The Morgan fingerprint density at radius 2 is 1.95 bits per heavy atom. The van der Waals surface area contributed by atoms with Gasteiger partial charge in [0, 0.05) is 13.5 Å². The van der Waals surface area contributed by atoms with Crippen molar-refractivity contribution < 1.29 is 33.0 Å². The number of carbonyl (C=O) groups is 2. The summed E-state index contributed by atoms with van der Waals surface area (Å²) in [6.07, 6.45) is 1.48. The number of hydrogen-bond donors (Lipinski definition) is 3. The van der Waals surface area contributed by atoms with Gasteiger partial charge in [-0.1, -0.05) is 19.1 Å². The Kier molecular flexibility index (Phi) is 10.6. The van der Waals surface area contributed by atoms with Gasteiger partial charge in [0.1, 0.15) is 18.1 Å². The maximum absolute atomic E-state index is 12.9. The standard InChI is InChI=1S/C22H27F2N5O5.C4H11N/c1-12-18(34-15-5-3-4-13(8-15)20(30)31)7-6-16(26-12)19-17(29(2)28-27-19)10-25-21(32)33-11-14-9-22(14,23)24;1-3-5-4-2/h6-7,13-15H,3-5,8-11H2,1-2H3,(H,25,32)(H,30,31);5H,3-4H2,1-2H3/t13-,14+,15-;/m0./s1. The summed E-state index contributed by atoms with van der Waals surface area (Å²) in [4.78, 5) is 27.8. The maximum atomic E-state index is 12.9. The molecule has 2 aliphatic carbocycles. The molecule has 2 saturated carbocycles. The van der Waals surface area contributed by atoms with Crippen LogP contribution < -0.4 is 15.4 Å². The molecule has 0 aliphatic heterocycles. The second-order valence-electron chi connectivity index (χ2n) is 9.80. The number of halogens is 2. The predicted octanol–water partition coefficient (Wildman–Crippen LogP) is 3.70. The topological polar surface area (TPSA) is 140 Å². The largest absolute Gasteiger partial charge is 0.489 e. The number of alkyl halides is 2. The highest BCUT2D eigenvalue weighted by atomic mass is 19.3. The van der Waals surface area contributed by atoms with Gasteiger partial charge in [-0.05, 0) is 57.8 Å². The highest BCUT2D eigenvalue weighted by Gasteiger charge is 2.57. The number of carboxylic acid groups (broad SMARTS) is 1. The Morgan fingerprint density at radius 1 is 1.23 bits per heavy atom. The Balaban J connectivity index is 0.000000771. The van der Waals surface area contributed by atoms with Crippen LogP contribution in [0.3, 0.4) is 0 Å². The molecular formula is C26H38F2N6O5. The predicted molar refractivity (Wildman–Crippen MR) is 138 cm³/mol. The molecule has 216 valence electrons. The number of nitrogens with one attached hydrogen (secondary N) is 2. The van der Waals surface area contributed by atoms with Crippen LogP contribution in [0.1, 0.15) is 57.3 Å². The van der Waals surface area contributed by atoms with E-state index in [4.69, 9.17) is 9.47 Å². The molecule has 3 N–H and O–H groups in total. The van der Waals surface area contributed by atoms with Gasteiger partial charge in [-0.2, -0.15) is 0 Å². The van der Waals surface area contributed by atoms with E-state index in [1.54, 1.807) is 26.1 Å². The van der Waals surface area contributed by atoms with Crippen molar-refractivity contribution in [2.75, 3.05) is 19.7 Å². The SMILES string of the molecule is CCNCC.Cc1nc(-c2nnn(C)c2CNC(=O)OC[C@H]2CC2(F)F)ccc1O[C@H]1CCC[C@H](C(=O)O)C1. The molecule has 0 bridgehead atoms. The van der Waals surface area contributed by atoms with Crippen molar-refractivity contribution in [3.05, 3.63) is 23.5 Å². The molecule has 39 heavy (non-hydrogen) atoms. The van der Waals surface area contributed by atoms with Crippen LogP contribution in [0.25, 0.3) is 11.4 Å². The molecule has 0 saturated heterocycles. The Hall–Kier alpha value is -3.35. The molecule has 2 heterocycles. The molecule has 2 aliphatic rings. The minimum absolute atomic E-state index is 0.0242. The summed E-state index contributed by atoms with van der Waals surface area (Å²) in [6.45, 7) is 7.87. The van der Waals surface area contributed by atoms with Crippen LogP contribution in [0.4, 0.5) is 13.6 Å². The molecular weight excluding hydrogens is 514 g/mol. The quantitative estimate of drug-likeness (QED) is 0.402. The number of alkyl carbamates (subject to hydrolysis) is 1. The van der Waals surface area contributed by atoms with Crippen LogP contribution in [-0.4, -0.2) is 68.9 Å². The highest BCUT2D eigenvalue weighted by Crippen LogP contribution is 2.48. The number of aryl methyl sites for hydroxylation is 2. The monoisotopic (exact) mass is 552 g/mol. The lowest BCUT2D eigenvalue weighted by molar-refractivity contribution is -0.143. The summed E-state index contributed by atoms with van der Waals surface area (Å²) in [5.41, 5.74) is 2.15. The molecule has 1 amide bonds. The van der Waals surface area contributed by atoms with E-state index < -0.39 is 29.8 Å². The van der Waals surface area contributed by atoms with Crippen LogP contribution in [-0.2, 0) is 23.1 Å². The van der Waals surface area contributed by atoms with Gasteiger partial charge in [0.05, 0.1) is 41.6 Å². The fourth-order valence-electron chi connectivity index (χ4n) is 4.32. The summed E-state index contributed by atoms with van der Waals surface area (Å²) in [7, 11) is 1.66. The van der Waals surface area contributed by atoms with Crippen molar-refractivity contribution in [3.63, 3.8) is 0 Å². The zero-order valence-corrected chi connectivity index (χ0v) is 22.9. The summed E-state index contributed by atoms with van der Waals surface area (Å²) < 4.78 is 38.2. The van der Waals surface area contributed by atoms with E-state index in [1.165, 1.54) is 4.68 Å². The fourth-order valence-corrected chi connectivity index (χ4v) is 4.32. The number of nitrogens with zero attached hydrogens (tertiary/aromatic N) is 4. The van der Waals surface area contributed by atoms with Gasteiger partial charge in [-0.3, -0.25) is 4.79 Å². The van der Waals surface area contributed by atoms with Crippen LogP contribution in [0.15, 0.2) is 12.1 Å². The molecule has 0 spiro atoms. The Bertz CT molecular complexity index is 1130. The van der Waals surface area contributed by atoms with E-state index in [9.17, 15) is 23.5 Å². The van der Waals surface area contributed by atoms with Crippen molar-refractivity contribution in [1.29, 1.82) is 0 Å². The number of pyridine rings is 1. The second kappa shape index (κ2) is 13.6. The Labute approximate surface area is 226 Å². The third kappa shape index (κ3) is 8.57. The summed E-state index contributed by atoms with van der Waals surface area (Å²) in [5, 5.41) is 23.0. The number of rotatable bonds is 10. The first kappa shape index (κ1) is 30.2. The molecule has 2 aromatic rings. The molecule has 0 aromatic carbocycles. The molecule has 2 aromatic heterocycles. The number of carboxylic acids is 1. The van der Waals surface area contributed by atoms with Crippen molar-refractivity contribution in [2.45, 2.75) is 71.4 Å². The lowest BCUT2D eigenvalue weighted by Crippen LogP contribution is -2.29. The number of carbonyl (C=O) groups excluding carboxylic acids is 1. The molecule has 3 atom stereocenters. The lowest BCUT2D eigenvalue weighted by Gasteiger charge is -2.27. The van der Waals surface area contributed by atoms with Gasteiger partial charge in [0.2, 0.25) is 0 Å². The lowest BCUT2D eigenvalue weighted by atomic mass is 9.87. The van der Waals surface area contributed by atoms with E-state index in [0.29, 0.717) is 41.4 Å². The van der Waals surface area contributed by atoms with Crippen LogP contribution in [0, 0.1) is 18.8 Å². The van der Waals surface area contributed by atoms with Gasteiger partial charge < -0.3 is 25.2 Å². The highest BCUT2D eigenvalue weighted by molar-refractivity contribution is 5.70. The molecule has 0 unspecified atom stereocenters. The average Bonchev–Trinajstić information content (AvgIpc) is 3.35. The first-order valence-electron chi connectivity index (χ1n) is 13.3. The van der Waals surface area contributed by atoms with Crippen LogP contribution in [0.5, 0.6) is 5.75 Å². The molecule has 4 rings (SSSR count). The van der Waals surface area contributed by atoms with E-state index in [2.05, 4.69) is 39.8 Å². The third-order valence-corrected chi connectivity index (χ3v) is 6.76.